The zero-order valence-corrected chi connectivity index (χ0v) is 10.0. The van der Waals surface area contributed by atoms with Crippen LogP contribution in [0.25, 0.3) is 0 Å². The number of hydrogen-bond acceptors (Lipinski definition) is 4. The van der Waals surface area contributed by atoms with Crippen molar-refractivity contribution in [3.63, 3.8) is 0 Å². The van der Waals surface area contributed by atoms with Crippen LogP contribution < -0.4 is 0 Å². The number of methoxy groups -OCH3 is 1. The maximum Gasteiger partial charge on any atom is 0.423 e. The van der Waals surface area contributed by atoms with Gasteiger partial charge in [0.05, 0.1) is 17.6 Å². The number of esters is 1. The van der Waals surface area contributed by atoms with Crippen molar-refractivity contribution in [3.05, 3.63) is 38.9 Å². The summed E-state index contributed by atoms with van der Waals surface area (Å²) in [6, 6.07) is 0.212. The summed E-state index contributed by atoms with van der Waals surface area (Å²) in [5.41, 5.74) is -8.01. The summed E-state index contributed by atoms with van der Waals surface area (Å²) in [7, 11) is 0.719. The molecule has 0 unspecified atom stereocenters. The van der Waals surface area contributed by atoms with Gasteiger partial charge in [0.2, 0.25) is 0 Å². The molecular formula is C10H5F6NO4. The molecule has 21 heavy (non-hydrogen) atoms. The second-order valence-electron chi connectivity index (χ2n) is 3.63. The van der Waals surface area contributed by atoms with Gasteiger partial charge in [-0.05, 0) is 12.1 Å². The molecule has 0 spiro atoms. The zero-order valence-electron chi connectivity index (χ0n) is 10.0. The number of rotatable bonds is 2. The van der Waals surface area contributed by atoms with Crippen LogP contribution >= 0.6 is 0 Å². The molecule has 0 saturated carbocycles. The smallest absolute Gasteiger partial charge is 0.423 e. The molecule has 0 N–H and O–H groups in total. The summed E-state index contributed by atoms with van der Waals surface area (Å²) in [5.74, 6) is -1.55. The fraction of sp³-hybridized carbons (Fsp3) is 0.300. The lowest BCUT2D eigenvalue weighted by molar-refractivity contribution is -0.388. The molecule has 1 rings (SSSR count). The number of ether oxygens (including phenoxy) is 1. The molecule has 0 aliphatic carbocycles. The summed E-state index contributed by atoms with van der Waals surface area (Å²) in [5, 5.41) is 10.7. The van der Waals surface area contributed by atoms with Crippen LogP contribution in [0.4, 0.5) is 32.0 Å². The molecule has 0 radical (unpaired) electrons. The summed E-state index contributed by atoms with van der Waals surface area (Å²) in [4.78, 5) is 20.2. The maximum absolute atomic E-state index is 12.8. The van der Waals surface area contributed by atoms with E-state index in [9.17, 15) is 41.3 Å². The molecule has 11 heteroatoms. The van der Waals surface area contributed by atoms with E-state index in [1.54, 1.807) is 0 Å². The van der Waals surface area contributed by atoms with Crippen molar-refractivity contribution in [2.45, 2.75) is 12.4 Å². The minimum atomic E-state index is -5.68. The first kappa shape index (κ1) is 16.7. The third-order valence-corrected chi connectivity index (χ3v) is 2.35. The van der Waals surface area contributed by atoms with Gasteiger partial charge in [-0.1, -0.05) is 0 Å². The second-order valence-corrected chi connectivity index (χ2v) is 3.63. The van der Waals surface area contributed by atoms with Crippen molar-refractivity contribution >= 4 is 11.7 Å². The Morgan fingerprint density at radius 1 is 1.14 bits per heavy atom. The molecule has 0 aromatic heterocycles. The topological polar surface area (TPSA) is 69.4 Å². The quantitative estimate of drug-likeness (QED) is 0.363. The number of nitro groups is 1. The van der Waals surface area contributed by atoms with Gasteiger partial charge in [-0.2, -0.15) is 26.3 Å². The first-order chi connectivity index (χ1) is 9.41. The number of nitro benzene ring substituents is 1. The van der Waals surface area contributed by atoms with Crippen molar-refractivity contribution in [1.82, 2.24) is 0 Å². The van der Waals surface area contributed by atoms with Gasteiger partial charge in [0.15, 0.2) is 0 Å². The normalized spacial score (nSPS) is 12.1. The minimum Gasteiger partial charge on any atom is -0.465 e. The van der Waals surface area contributed by atoms with E-state index >= 15 is 0 Å². The van der Waals surface area contributed by atoms with Gasteiger partial charge in [-0.3, -0.25) is 10.1 Å². The number of benzene rings is 1. The van der Waals surface area contributed by atoms with E-state index < -0.39 is 45.6 Å². The summed E-state index contributed by atoms with van der Waals surface area (Å²) < 4.78 is 80.2. The standard InChI is InChI=1S/C10H5F6NO4/c1-21-8(18)4-2-3-5(9(11,12)13)6(10(14,15)16)7(4)17(19)20/h2-3H,1H3. The van der Waals surface area contributed by atoms with Crippen molar-refractivity contribution < 1.29 is 40.8 Å². The molecule has 1 aromatic carbocycles. The van der Waals surface area contributed by atoms with Crippen LogP contribution in [-0.4, -0.2) is 18.0 Å². The first-order valence-electron chi connectivity index (χ1n) is 4.95. The van der Waals surface area contributed by atoms with E-state index in [4.69, 9.17) is 0 Å². The highest BCUT2D eigenvalue weighted by atomic mass is 19.4. The Bertz CT molecular complexity index is 592. The number of halogens is 6. The fourth-order valence-electron chi connectivity index (χ4n) is 1.58. The van der Waals surface area contributed by atoms with E-state index in [0.29, 0.717) is 0 Å². The van der Waals surface area contributed by atoms with Gasteiger partial charge in [0.1, 0.15) is 11.1 Å². The van der Waals surface area contributed by atoms with Gasteiger partial charge in [-0.15, -0.1) is 0 Å². The maximum atomic E-state index is 12.8. The number of carbonyl (C=O) groups excluding carboxylic acids is 1. The van der Waals surface area contributed by atoms with Crippen molar-refractivity contribution in [3.8, 4) is 0 Å². The van der Waals surface area contributed by atoms with Crippen LogP contribution in [0.2, 0.25) is 0 Å². The lowest BCUT2D eigenvalue weighted by atomic mass is 9.99. The van der Waals surface area contributed by atoms with E-state index in [2.05, 4.69) is 4.74 Å². The Kier molecular flexibility index (Phi) is 4.16. The van der Waals surface area contributed by atoms with E-state index in [1.807, 2.05) is 0 Å². The average Bonchev–Trinajstić information content (AvgIpc) is 2.33. The Balaban J connectivity index is 3.89. The highest BCUT2D eigenvalue weighted by Crippen LogP contribution is 2.46. The molecule has 0 atom stereocenters. The highest BCUT2D eigenvalue weighted by Gasteiger charge is 2.50. The minimum absolute atomic E-state index is 0.0535. The molecular weight excluding hydrogens is 312 g/mol. The third-order valence-electron chi connectivity index (χ3n) is 2.35. The lowest BCUT2D eigenvalue weighted by Crippen LogP contribution is -2.21. The SMILES string of the molecule is COC(=O)c1ccc(C(F)(F)F)c(C(F)(F)F)c1[N+](=O)[O-]. The third kappa shape index (κ3) is 3.23. The molecule has 5 nitrogen and oxygen atoms in total. The van der Waals surface area contributed by atoms with Crippen molar-refractivity contribution in [2.24, 2.45) is 0 Å². The predicted octanol–water partition coefficient (Wildman–Crippen LogP) is 3.42. The second kappa shape index (κ2) is 5.22. The summed E-state index contributed by atoms with van der Waals surface area (Å²) >= 11 is 0. The number of alkyl halides is 6. The molecule has 116 valence electrons. The zero-order chi connectivity index (χ0) is 16.6. The van der Waals surface area contributed by atoms with Crippen molar-refractivity contribution in [1.29, 1.82) is 0 Å². The predicted molar refractivity (Wildman–Crippen MR) is 54.4 cm³/mol. The fourth-order valence-corrected chi connectivity index (χ4v) is 1.58. The highest BCUT2D eigenvalue weighted by molar-refractivity contribution is 5.95. The molecule has 0 bridgehead atoms. The number of hydrogen-bond donors (Lipinski definition) is 0. The largest absolute Gasteiger partial charge is 0.465 e. The van der Waals surface area contributed by atoms with E-state index in [0.717, 1.165) is 7.11 Å². The Labute approximate surface area is 112 Å². The molecule has 1 aromatic rings. The van der Waals surface area contributed by atoms with Gasteiger partial charge in [0, 0.05) is 0 Å². The van der Waals surface area contributed by atoms with Gasteiger partial charge in [0.25, 0.3) is 5.69 Å². The van der Waals surface area contributed by atoms with Gasteiger partial charge in [-0.25, -0.2) is 4.79 Å². The van der Waals surface area contributed by atoms with Gasteiger partial charge < -0.3 is 4.74 Å². The average molecular weight is 317 g/mol. The van der Waals surface area contributed by atoms with Crippen molar-refractivity contribution in [2.75, 3.05) is 7.11 Å². The number of nitrogens with zero attached hydrogens (tertiary/aromatic N) is 1. The molecule has 0 saturated heterocycles. The molecule has 0 fully saturated rings. The number of carbonyl (C=O) groups is 1. The summed E-state index contributed by atoms with van der Waals surface area (Å²) in [6.07, 6.45) is -11.2. The lowest BCUT2D eigenvalue weighted by Gasteiger charge is -2.16. The van der Waals surface area contributed by atoms with Crippen LogP contribution in [0.3, 0.4) is 0 Å². The van der Waals surface area contributed by atoms with E-state index in [-0.39, 0.29) is 12.1 Å². The Morgan fingerprint density at radius 2 is 1.67 bits per heavy atom. The first-order valence-corrected chi connectivity index (χ1v) is 4.95. The Morgan fingerprint density at radius 3 is 2.00 bits per heavy atom. The van der Waals surface area contributed by atoms with Gasteiger partial charge >= 0.3 is 18.3 Å². The molecule has 0 heterocycles. The molecule has 0 amide bonds. The monoisotopic (exact) mass is 317 g/mol. The summed E-state index contributed by atoms with van der Waals surface area (Å²) in [6.45, 7) is 0. The van der Waals surface area contributed by atoms with Crippen LogP contribution in [0, 0.1) is 10.1 Å². The van der Waals surface area contributed by atoms with Crippen LogP contribution in [0.1, 0.15) is 21.5 Å². The molecule has 0 aliphatic heterocycles. The van der Waals surface area contributed by atoms with E-state index in [1.165, 1.54) is 0 Å². The van der Waals surface area contributed by atoms with Crippen LogP contribution in [0.5, 0.6) is 0 Å². The van der Waals surface area contributed by atoms with Crippen LogP contribution in [0.15, 0.2) is 12.1 Å². The Hall–Kier alpha value is -2.33. The van der Waals surface area contributed by atoms with Crippen LogP contribution in [-0.2, 0) is 17.1 Å². The molecule has 0 aliphatic rings.